The molecule has 108 valence electrons. The first-order chi connectivity index (χ1) is 9.75. The molecule has 0 fully saturated rings. The van der Waals surface area contributed by atoms with E-state index in [4.69, 9.17) is 0 Å². The molecule has 0 bridgehead atoms. The lowest BCUT2D eigenvalue weighted by molar-refractivity contribution is 0.319. The molecule has 2 rings (SSSR count). The van der Waals surface area contributed by atoms with Gasteiger partial charge in [0.25, 0.3) is 0 Å². The molecule has 1 heterocycles. The van der Waals surface area contributed by atoms with Crippen LogP contribution in [0, 0.1) is 6.92 Å². The van der Waals surface area contributed by atoms with E-state index in [1.54, 1.807) is 11.3 Å². The summed E-state index contributed by atoms with van der Waals surface area (Å²) in [7, 11) is 2.18. The largest absolute Gasteiger partial charge is 0.312 e. The summed E-state index contributed by atoms with van der Waals surface area (Å²) in [6.07, 6.45) is 1.17. The molecule has 0 amide bonds. The van der Waals surface area contributed by atoms with Crippen molar-refractivity contribution >= 4 is 11.3 Å². The van der Waals surface area contributed by atoms with Crippen LogP contribution in [0.5, 0.6) is 0 Å². The third-order valence-electron chi connectivity index (χ3n) is 3.32. The van der Waals surface area contributed by atoms with Gasteiger partial charge in [0.2, 0.25) is 0 Å². The quantitative estimate of drug-likeness (QED) is 0.757. The fraction of sp³-hybridized carbons (Fsp3) is 0.438. The van der Waals surface area contributed by atoms with Gasteiger partial charge in [-0.25, -0.2) is 4.98 Å². The zero-order chi connectivity index (χ0) is 14.2. The minimum Gasteiger partial charge on any atom is -0.312 e. The Hall–Kier alpha value is -1.23. The van der Waals surface area contributed by atoms with Crippen LogP contribution in [-0.2, 0) is 13.1 Å². The van der Waals surface area contributed by atoms with Gasteiger partial charge in [-0.3, -0.25) is 0 Å². The van der Waals surface area contributed by atoms with Crippen molar-refractivity contribution in [3.63, 3.8) is 0 Å². The molecule has 0 radical (unpaired) electrons. The highest BCUT2D eigenvalue weighted by Gasteiger charge is 2.01. The second-order valence-electron chi connectivity index (χ2n) is 5.11. The Kier molecular flexibility index (Phi) is 6.18. The minimum atomic E-state index is 0.943. The molecular weight excluding hydrogens is 266 g/mol. The van der Waals surface area contributed by atoms with Gasteiger partial charge in [0.1, 0.15) is 0 Å². The molecule has 0 saturated heterocycles. The molecule has 0 aliphatic carbocycles. The SMILES string of the molecule is Cc1ncsc1CNCCCN(C)Cc1ccccc1. The van der Waals surface area contributed by atoms with Crippen LogP contribution in [0.3, 0.4) is 0 Å². The third kappa shape index (κ3) is 5.04. The maximum Gasteiger partial charge on any atom is 0.0798 e. The van der Waals surface area contributed by atoms with Crippen LogP contribution in [0.2, 0.25) is 0 Å². The first kappa shape index (κ1) is 15.2. The molecule has 0 aliphatic heterocycles. The maximum atomic E-state index is 4.26. The average molecular weight is 289 g/mol. The summed E-state index contributed by atoms with van der Waals surface area (Å²) < 4.78 is 0. The van der Waals surface area contributed by atoms with Crippen LogP contribution in [0.4, 0.5) is 0 Å². The lowest BCUT2D eigenvalue weighted by atomic mass is 10.2. The van der Waals surface area contributed by atoms with E-state index in [9.17, 15) is 0 Å². The number of rotatable bonds is 8. The number of aromatic nitrogens is 1. The summed E-state index contributed by atoms with van der Waals surface area (Å²) in [6.45, 7) is 6.20. The molecule has 0 aliphatic rings. The van der Waals surface area contributed by atoms with Gasteiger partial charge in [0, 0.05) is 18.0 Å². The van der Waals surface area contributed by atoms with Crippen LogP contribution in [0.25, 0.3) is 0 Å². The molecule has 0 atom stereocenters. The Bertz CT molecular complexity index is 495. The number of thiazole rings is 1. The number of hydrogen-bond donors (Lipinski definition) is 1. The van der Waals surface area contributed by atoms with E-state index in [0.29, 0.717) is 0 Å². The summed E-state index contributed by atoms with van der Waals surface area (Å²) in [5.74, 6) is 0. The number of hydrogen-bond acceptors (Lipinski definition) is 4. The summed E-state index contributed by atoms with van der Waals surface area (Å²) in [6, 6.07) is 10.6. The van der Waals surface area contributed by atoms with Crippen molar-refractivity contribution in [3.8, 4) is 0 Å². The van der Waals surface area contributed by atoms with Crippen molar-refractivity contribution in [1.82, 2.24) is 15.2 Å². The highest BCUT2D eigenvalue weighted by Crippen LogP contribution is 2.11. The predicted octanol–water partition coefficient (Wildman–Crippen LogP) is 3.06. The molecule has 4 heteroatoms. The molecule has 20 heavy (non-hydrogen) atoms. The molecule has 0 spiro atoms. The van der Waals surface area contributed by atoms with Gasteiger partial charge in [-0.15, -0.1) is 11.3 Å². The number of nitrogens with one attached hydrogen (secondary N) is 1. The summed E-state index contributed by atoms with van der Waals surface area (Å²) in [5, 5.41) is 3.49. The van der Waals surface area contributed by atoms with E-state index in [1.807, 2.05) is 5.51 Å². The highest BCUT2D eigenvalue weighted by molar-refractivity contribution is 7.09. The standard InChI is InChI=1S/C16H23N3S/c1-14-16(20-13-18-14)11-17-9-6-10-19(2)12-15-7-4-3-5-8-15/h3-5,7-8,13,17H,6,9-12H2,1-2H3. The fourth-order valence-corrected chi connectivity index (χ4v) is 2.89. The Morgan fingerprint density at radius 3 is 2.75 bits per heavy atom. The normalized spacial score (nSPS) is 11.2. The van der Waals surface area contributed by atoms with E-state index in [1.165, 1.54) is 16.9 Å². The van der Waals surface area contributed by atoms with Gasteiger partial charge < -0.3 is 10.2 Å². The van der Waals surface area contributed by atoms with Gasteiger partial charge in [0.05, 0.1) is 11.2 Å². The Balaban J connectivity index is 1.58. The van der Waals surface area contributed by atoms with Crippen molar-refractivity contribution in [2.45, 2.75) is 26.4 Å². The molecule has 0 unspecified atom stereocenters. The maximum absolute atomic E-state index is 4.26. The van der Waals surface area contributed by atoms with E-state index >= 15 is 0 Å². The van der Waals surface area contributed by atoms with Crippen LogP contribution in [-0.4, -0.2) is 30.0 Å². The molecule has 3 nitrogen and oxygen atoms in total. The Labute approximate surface area is 125 Å². The lowest BCUT2D eigenvalue weighted by Gasteiger charge is -2.16. The van der Waals surface area contributed by atoms with Crippen LogP contribution in [0.1, 0.15) is 22.6 Å². The van der Waals surface area contributed by atoms with Crippen molar-refractivity contribution in [3.05, 3.63) is 52.0 Å². The number of benzene rings is 1. The van der Waals surface area contributed by atoms with Crippen molar-refractivity contribution in [1.29, 1.82) is 0 Å². The van der Waals surface area contributed by atoms with E-state index in [0.717, 1.165) is 31.9 Å². The van der Waals surface area contributed by atoms with Crippen LogP contribution >= 0.6 is 11.3 Å². The monoisotopic (exact) mass is 289 g/mol. The first-order valence-electron chi connectivity index (χ1n) is 7.08. The average Bonchev–Trinajstić information content (AvgIpc) is 2.85. The van der Waals surface area contributed by atoms with E-state index in [2.05, 4.69) is 59.5 Å². The Morgan fingerprint density at radius 2 is 2.05 bits per heavy atom. The number of nitrogens with zero attached hydrogens (tertiary/aromatic N) is 2. The zero-order valence-electron chi connectivity index (χ0n) is 12.3. The van der Waals surface area contributed by atoms with E-state index < -0.39 is 0 Å². The summed E-state index contributed by atoms with van der Waals surface area (Å²) >= 11 is 1.73. The molecule has 1 N–H and O–H groups in total. The van der Waals surface area contributed by atoms with Crippen molar-refractivity contribution in [2.75, 3.05) is 20.1 Å². The summed E-state index contributed by atoms with van der Waals surface area (Å²) in [4.78, 5) is 7.98. The molecule has 1 aromatic heterocycles. The van der Waals surface area contributed by atoms with Gasteiger partial charge in [-0.2, -0.15) is 0 Å². The van der Waals surface area contributed by atoms with Gasteiger partial charge in [0.15, 0.2) is 0 Å². The Morgan fingerprint density at radius 1 is 1.25 bits per heavy atom. The molecule has 1 aromatic carbocycles. The fourth-order valence-electron chi connectivity index (χ4n) is 2.15. The van der Waals surface area contributed by atoms with Gasteiger partial charge in [-0.05, 0) is 39.0 Å². The second-order valence-corrected chi connectivity index (χ2v) is 6.05. The van der Waals surface area contributed by atoms with E-state index in [-0.39, 0.29) is 0 Å². The molecule has 0 saturated carbocycles. The topological polar surface area (TPSA) is 28.2 Å². The second kappa shape index (κ2) is 8.15. The predicted molar refractivity (Wildman–Crippen MR) is 86.0 cm³/mol. The van der Waals surface area contributed by atoms with Gasteiger partial charge in [-0.1, -0.05) is 30.3 Å². The zero-order valence-corrected chi connectivity index (χ0v) is 13.1. The van der Waals surface area contributed by atoms with Crippen LogP contribution < -0.4 is 5.32 Å². The lowest BCUT2D eigenvalue weighted by Crippen LogP contribution is -2.23. The van der Waals surface area contributed by atoms with Gasteiger partial charge >= 0.3 is 0 Å². The summed E-state index contributed by atoms with van der Waals surface area (Å²) in [5.41, 5.74) is 4.45. The smallest absolute Gasteiger partial charge is 0.0798 e. The molecule has 2 aromatic rings. The minimum absolute atomic E-state index is 0.943. The first-order valence-corrected chi connectivity index (χ1v) is 7.96. The third-order valence-corrected chi connectivity index (χ3v) is 4.25. The highest BCUT2D eigenvalue weighted by atomic mass is 32.1. The van der Waals surface area contributed by atoms with Crippen molar-refractivity contribution < 1.29 is 0 Å². The van der Waals surface area contributed by atoms with Crippen LogP contribution in [0.15, 0.2) is 35.8 Å². The number of aryl methyl sites for hydroxylation is 1. The van der Waals surface area contributed by atoms with Crippen molar-refractivity contribution in [2.24, 2.45) is 0 Å². The molecular formula is C16H23N3S.